The lowest BCUT2D eigenvalue weighted by Crippen LogP contribution is -2.40. The highest BCUT2D eigenvalue weighted by molar-refractivity contribution is 9.10. The zero-order valence-electron chi connectivity index (χ0n) is 11.3. The molecule has 1 amide bonds. The Labute approximate surface area is 120 Å². The number of nitrogens with zero attached hydrogens (tertiary/aromatic N) is 1. The second-order valence-corrected chi connectivity index (χ2v) is 6.59. The molecule has 3 nitrogen and oxygen atoms in total. The van der Waals surface area contributed by atoms with Gasteiger partial charge in [-0.15, -0.1) is 0 Å². The van der Waals surface area contributed by atoms with Crippen molar-refractivity contribution < 1.29 is 13.9 Å². The fourth-order valence-corrected chi connectivity index (χ4v) is 2.54. The predicted molar refractivity (Wildman–Crippen MR) is 74.4 cm³/mol. The maximum atomic E-state index is 13.9. The first-order valence-corrected chi connectivity index (χ1v) is 7.00. The highest BCUT2D eigenvalue weighted by atomic mass is 79.9. The van der Waals surface area contributed by atoms with Gasteiger partial charge in [0, 0.05) is 16.6 Å². The van der Waals surface area contributed by atoms with Crippen molar-refractivity contribution in [2.24, 2.45) is 0 Å². The van der Waals surface area contributed by atoms with Crippen LogP contribution in [0.5, 0.6) is 0 Å². The van der Waals surface area contributed by atoms with E-state index < -0.39 is 5.60 Å². The number of hydrogen-bond acceptors (Lipinski definition) is 2. The van der Waals surface area contributed by atoms with Crippen LogP contribution >= 0.6 is 15.9 Å². The number of hydrogen-bond donors (Lipinski definition) is 0. The molecule has 1 aliphatic rings. The predicted octanol–water partition coefficient (Wildman–Crippen LogP) is 3.88. The van der Waals surface area contributed by atoms with Crippen molar-refractivity contribution in [1.29, 1.82) is 0 Å². The summed E-state index contributed by atoms with van der Waals surface area (Å²) < 4.78 is 19.9. The van der Waals surface area contributed by atoms with Gasteiger partial charge in [0.15, 0.2) is 0 Å². The van der Waals surface area contributed by atoms with E-state index in [9.17, 15) is 9.18 Å². The van der Waals surface area contributed by atoms with Gasteiger partial charge < -0.3 is 9.64 Å². The Balaban J connectivity index is 2.16. The Bertz CT molecular complexity index is 511. The first-order chi connectivity index (χ1) is 8.76. The number of fused-ring (bicyclic) bond motifs is 1. The van der Waals surface area contributed by atoms with Crippen molar-refractivity contribution in [3.63, 3.8) is 0 Å². The summed E-state index contributed by atoms with van der Waals surface area (Å²) in [4.78, 5) is 13.5. The van der Waals surface area contributed by atoms with Gasteiger partial charge in [-0.2, -0.15) is 0 Å². The highest BCUT2D eigenvalue weighted by Crippen LogP contribution is 2.26. The first kappa shape index (κ1) is 14.3. The molecule has 0 N–H and O–H groups in total. The van der Waals surface area contributed by atoms with Crippen LogP contribution in [0.15, 0.2) is 16.6 Å². The van der Waals surface area contributed by atoms with Crippen molar-refractivity contribution in [1.82, 2.24) is 4.90 Å². The summed E-state index contributed by atoms with van der Waals surface area (Å²) in [7, 11) is 0. The van der Waals surface area contributed by atoms with Crippen LogP contribution in [0.4, 0.5) is 9.18 Å². The number of carbonyl (C=O) groups is 1. The van der Waals surface area contributed by atoms with E-state index in [1.807, 2.05) is 26.8 Å². The van der Waals surface area contributed by atoms with Crippen molar-refractivity contribution in [3.05, 3.63) is 33.5 Å². The highest BCUT2D eigenvalue weighted by Gasteiger charge is 2.27. The maximum Gasteiger partial charge on any atom is 0.410 e. The van der Waals surface area contributed by atoms with Gasteiger partial charge in [0.05, 0.1) is 6.54 Å². The number of carbonyl (C=O) groups excluding carboxylic acids is 1. The number of ether oxygens (including phenoxy) is 1. The Hall–Kier alpha value is -1.10. The van der Waals surface area contributed by atoms with Crippen LogP contribution < -0.4 is 0 Å². The molecule has 0 radical (unpaired) electrons. The SMILES string of the molecule is CC(C)(C)OC(=O)N1CCc2cc(Br)cc(F)c2C1. The smallest absolute Gasteiger partial charge is 0.410 e. The van der Waals surface area contributed by atoms with E-state index in [4.69, 9.17) is 4.74 Å². The molecule has 0 aromatic heterocycles. The lowest BCUT2D eigenvalue weighted by Gasteiger charge is -2.31. The molecule has 104 valence electrons. The first-order valence-electron chi connectivity index (χ1n) is 6.21. The minimum Gasteiger partial charge on any atom is -0.444 e. The monoisotopic (exact) mass is 329 g/mol. The Kier molecular flexibility index (Phi) is 3.85. The van der Waals surface area contributed by atoms with Crippen molar-refractivity contribution in [3.8, 4) is 0 Å². The molecule has 0 saturated carbocycles. The number of halogens is 2. The summed E-state index contributed by atoms with van der Waals surface area (Å²) in [5.41, 5.74) is 1.00. The normalized spacial score (nSPS) is 15.1. The summed E-state index contributed by atoms with van der Waals surface area (Å²) in [6.07, 6.45) is 0.255. The minimum absolute atomic E-state index is 0.267. The molecule has 5 heteroatoms. The zero-order valence-corrected chi connectivity index (χ0v) is 12.9. The van der Waals surface area contributed by atoms with Gasteiger partial charge in [0.2, 0.25) is 0 Å². The molecule has 1 aromatic carbocycles. The molecule has 0 spiro atoms. The fourth-order valence-electron chi connectivity index (χ4n) is 2.06. The third-order valence-corrected chi connectivity index (χ3v) is 3.36. The van der Waals surface area contributed by atoms with E-state index in [1.165, 1.54) is 6.07 Å². The molecule has 1 heterocycles. The van der Waals surface area contributed by atoms with Crippen LogP contribution in [-0.4, -0.2) is 23.1 Å². The van der Waals surface area contributed by atoms with Crippen LogP contribution in [-0.2, 0) is 17.7 Å². The van der Waals surface area contributed by atoms with Crippen LogP contribution in [0, 0.1) is 5.82 Å². The van der Waals surface area contributed by atoms with E-state index in [1.54, 1.807) is 4.90 Å². The molecule has 2 rings (SSSR count). The third kappa shape index (κ3) is 3.47. The maximum absolute atomic E-state index is 13.9. The molecule has 0 atom stereocenters. The quantitative estimate of drug-likeness (QED) is 0.722. The largest absolute Gasteiger partial charge is 0.444 e. The lowest BCUT2D eigenvalue weighted by molar-refractivity contribution is 0.0222. The molecule has 0 aliphatic carbocycles. The fraction of sp³-hybridized carbons (Fsp3) is 0.500. The topological polar surface area (TPSA) is 29.5 Å². The summed E-state index contributed by atoms with van der Waals surface area (Å²) in [6.45, 7) is 6.28. The van der Waals surface area contributed by atoms with Gasteiger partial charge in [-0.05, 0) is 44.9 Å². The standard InChI is InChI=1S/C14H17BrFNO2/c1-14(2,3)19-13(18)17-5-4-9-6-10(15)7-12(16)11(9)8-17/h6-7H,4-5,8H2,1-3H3. The molecule has 0 bridgehead atoms. The van der Waals surface area contributed by atoms with Crippen LogP contribution in [0.1, 0.15) is 31.9 Å². The second kappa shape index (κ2) is 5.12. The van der Waals surface area contributed by atoms with Crippen LogP contribution in [0.2, 0.25) is 0 Å². The average Bonchev–Trinajstić information content (AvgIpc) is 2.25. The van der Waals surface area contributed by atoms with E-state index >= 15 is 0 Å². The summed E-state index contributed by atoms with van der Waals surface area (Å²) in [6, 6.07) is 3.34. The van der Waals surface area contributed by atoms with Crippen LogP contribution in [0.25, 0.3) is 0 Å². The minimum atomic E-state index is -0.532. The molecule has 0 fully saturated rings. The molecule has 0 saturated heterocycles. The Morgan fingerprint density at radius 1 is 1.42 bits per heavy atom. The van der Waals surface area contributed by atoms with Gasteiger partial charge >= 0.3 is 6.09 Å². The average molecular weight is 330 g/mol. The summed E-state index contributed by atoms with van der Waals surface area (Å²) in [5, 5.41) is 0. The van der Waals surface area contributed by atoms with E-state index in [0.29, 0.717) is 18.5 Å². The van der Waals surface area contributed by atoms with E-state index in [0.717, 1.165) is 10.0 Å². The second-order valence-electron chi connectivity index (χ2n) is 5.68. The van der Waals surface area contributed by atoms with Crippen molar-refractivity contribution >= 4 is 22.0 Å². The summed E-state index contributed by atoms with van der Waals surface area (Å²) >= 11 is 3.28. The Morgan fingerprint density at radius 3 is 2.74 bits per heavy atom. The zero-order chi connectivity index (χ0) is 14.2. The van der Waals surface area contributed by atoms with Gasteiger partial charge in [0.25, 0.3) is 0 Å². The Morgan fingerprint density at radius 2 is 2.11 bits per heavy atom. The molecule has 1 aromatic rings. The number of amides is 1. The number of benzene rings is 1. The van der Waals surface area contributed by atoms with Gasteiger partial charge in [-0.3, -0.25) is 0 Å². The van der Waals surface area contributed by atoms with E-state index in [2.05, 4.69) is 15.9 Å². The van der Waals surface area contributed by atoms with Crippen LogP contribution in [0.3, 0.4) is 0 Å². The van der Waals surface area contributed by atoms with Gasteiger partial charge in [-0.25, -0.2) is 9.18 Å². The molecule has 1 aliphatic heterocycles. The van der Waals surface area contributed by atoms with Gasteiger partial charge in [0.1, 0.15) is 11.4 Å². The van der Waals surface area contributed by atoms with Gasteiger partial charge in [-0.1, -0.05) is 15.9 Å². The summed E-state index contributed by atoms with van der Waals surface area (Å²) in [5.74, 6) is -0.280. The van der Waals surface area contributed by atoms with Crippen molar-refractivity contribution in [2.45, 2.75) is 39.3 Å². The number of rotatable bonds is 0. The van der Waals surface area contributed by atoms with Crippen molar-refractivity contribution in [2.75, 3.05) is 6.54 Å². The van der Waals surface area contributed by atoms with E-state index in [-0.39, 0.29) is 18.5 Å². The molecule has 0 unspecified atom stereocenters. The molecule has 19 heavy (non-hydrogen) atoms. The third-order valence-electron chi connectivity index (χ3n) is 2.90. The molecular weight excluding hydrogens is 313 g/mol. The molecular formula is C14H17BrFNO2. The lowest BCUT2D eigenvalue weighted by atomic mass is 9.99.